The van der Waals surface area contributed by atoms with E-state index in [-0.39, 0.29) is 11.6 Å². The van der Waals surface area contributed by atoms with Crippen molar-refractivity contribution in [3.63, 3.8) is 0 Å². The zero-order valence-electron chi connectivity index (χ0n) is 13.2. The molecule has 0 bridgehead atoms. The van der Waals surface area contributed by atoms with Crippen LogP contribution in [0.3, 0.4) is 0 Å². The number of hydrogen-bond donors (Lipinski definition) is 3. The summed E-state index contributed by atoms with van der Waals surface area (Å²) in [6.45, 7) is 0.461. The van der Waals surface area contributed by atoms with Crippen LogP contribution in [0.15, 0.2) is 70.5 Å². The highest BCUT2D eigenvalue weighted by Gasteiger charge is 2.08. The second-order valence-electron chi connectivity index (χ2n) is 5.44. The zero-order valence-corrected chi connectivity index (χ0v) is 14.7. The lowest BCUT2D eigenvalue weighted by atomic mass is 10.2. The number of nitrogens with two attached hydrogens (primary N) is 1. The molecule has 128 valence electrons. The van der Waals surface area contributed by atoms with Crippen LogP contribution in [0.1, 0.15) is 5.56 Å². The minimum Gasteiger partial charge on any atom is -0.506 e. The first-order valence-electron chi connectivity index (χ1n) is 7.55. The van der Waals surface area contributed by atoms with Crippen molar-refractivity contribution in [1.82, 2.24) is 0 Å². The molecule has 0 aliphatic heterocycles. The van der Waals surface area contributed by atoms with Crippen LogP contribution >= 0.6 is 23.4 Å². The molecule has 0 atom stereocenters. The number of anilines is 2. The van der Waals surface area contributed by atoms with Gasteiger partial charge in [0.1, 0.15) is 11.6 Å². The number of nitrogens with one attached hydrogen (secondary N) is 1. The molecular weight excluding hydrogens is 359 g/mol. The molecule has 6 heteroatoms. The van der Waals surface area contributed by atoms with E-state index in [1.807, 2.05) is 18.2 Å². The Morgan fingerprint density at radius 3 is 2.56 bits per heavy atom. The van der Waals surface area contributed by atoms with Gasteiger partial charge in [-0.15, -0.1) is 0 Å². The van der Waals surface area contributed by atoms with Crippen molar-refractivity contribution in [1.29, 1.82) is 0 Å². The van der Waals surface area contributed by atoms with E-state index in [1.165, 1.54) is 30.0 Å². The summed E-state index contributed by atoms with van der Waals surface area (Å²) in [5, 5.41) is 13.6. The number of phenols is 1. The van der Waals surface area contributed by atoms with Crippen LogP contribution in [0.25, 0.3) is 0 Å². The summed E-state index contributed by atoms with van der Waals surface area (Å²) in [6.07, 6.45) is 0. The van der Waals surface area contributed by atoms with Crippen molar-refractivity contribution >= 4 is 34.7 Å². The van der Waals surface area contributed by atoms with Gasteiger partial charge in [-0.05, 0) is 66.2 Å². The van der Waals surface area contributed by atoms with E-state index < -0.39 is 0 Å². The molecule has 0 radical (unpaired) electrons. The van der Waals surface area contributed by atoms with Crippen LogP contribution in [0.2, 0.25) is 5.02 Å². The molecule has 25 heavy (non-hydrogen) atoms. The molecule has 3 aromatic rings. The van der Waals surface area contributed by atoms with Gasteiger partial charge in [0.25, 0.3) is 0 Å². The monoisotopic (exact) mass is 374 g/mol. The summed E-state index contributed by atoms with van der Waals surface area (Å²) in [6, 6.07) is 16.8. The maximum atomic E-state index is 13.1. The molecule has 0 unspecified atom stereocenters. The van der Waals surface area contributed by atoms with E-state index in [0.29, 0.717) is 22.9 Å². The number of benzene rings is 3. The summed E-state index contributed by atoms with van der Waals surface area (Å²) >= 11 is 7.49. The van der Waals surface area contributed by atoms with Crippen molar-refractivity contribution < 1.29 is 9.50 Å². The van der Waals surface area contributed by atoms with Gasteiger partial charge < -0.3 is 16.2 Å². The third-order valence-corrected chi connectivity index (χ3v) is 4.92. The minimum atomic E-state index is -0.264. The molecular formula is C19H16ClFN2OS. The van der Waals surface area contributed by atoms with Gasteiger partial charge >= 0.3 is 0 Å². The first-order chi connectivity index (χ1) is 12.0. The SMILES string of the molecule is Nc1ccc(Sc2ccc(F)cc2)c(CNc2cc(Cl)ccc2O)c1. The zero-order chi connectivity index (χ0) is 17.8. The number of halogens is 2. The van der Waals surface area contributed by atoms with Crippen LogP contribution in [0, 0.1) is 5.82 Å². The predicted molar refractivity (Wildman–Crippen MR) is 102 cm³/mol. The summed E-state index contributed by atoms with van der Waals surface area (Å²) in [5.74, 6) is -0.138. The summed E-state index contributed by atoms with van der Waals surface area (Å²) in [5.41, 5.74) is 8.07. The Kier molecular flexibility index (Phi) is 5.36. The van der Waals surface area contributed by atoms with Crippen LogP contribution in [0.5, 0.6) is 5.75 Å². The van der Waals surface area contributed by atoms with Crippen molar-refractivity contribution in [2.75, 3.05) is 11.1 Å². The largest absolute Gasteiger partial charge is 0.506 e. The van der Waals surface area contributed by atoms with E-state index in [1.54, 1.807) is 24.3 Å². The molecule has 3 nitrogen and oxygen atoms in total. The van der Waals surface area contributed by atoms with Gasteiger partial charge in [-0.1, -0.05) is 23.4 Å². The van der Waals surface area contributed by atoms with Gasteiger partial charge in [0.2, 0.25) is 0 Å². The quantitative estimate of drug-likeness (QED) is 0.406. The molecule has 0 aliphatic rings. The van der Waals surface area contributed by atoms with Crippen LogP contribution in [-0.4, -0.2) is 5.11 Å². The average Bonchev–Trinajstić information content (AvgIpc) is 2.59. The average molecular weight is 375 g/mol. The Balaban J connectivity index is 1.81. The number of nitrogen functional groups attached to an aromatic ring is 1. The van der Waals surface area contributed by atoms with Crippen molar-refractivity contribution in [3.05, 3.63) is 77.1 Å². The van der Waals surface area contributed by atoms with E-state index in [9.17, 15) is 9.50 Å². The van der Waals surface area contributed by atoms with Crippen LogP contribution < -0.4 is 11.1 Å². The van der Waals surface area contributed by atoms with Crippen molar-refractivity contribution in [2.24, 2.45) is 0 Å². The summed E-state index contributed by atoms with van der Waals surface area (Å²) in [7, 11) is 0. The lowest BCUT2D eigenvalue weighted by Gasteiger charge is -2.13. The lowest BCUT2D eigenvalue weighted by Crippen LogP contribution is -2.02. The van der Waals surface area contributed by atoms with Crippen molar-refractivity contribution in [3.8, 4) is 5.75 Å². The van der Waals surface area contributed by atoms with Gasteiger partial charge in [0.05, 0.1) is 5.69 Å². The first kappa shape index (κ1) is 17.5. The third-order valence-electron chi connectivity index (χ3n) is 3.55. The molecule has 0 saturated heterocycles. The van der Waals surface area contributed by atoms with E-state index in [2.05, 4.69) is 5.32 Å². The van der Waals surface area contributed by atoms with Gasteiger partial charge in [-0.3, -0.25) is 0 Å². The highest BCUT2D eigenvalue weighted by atomic mass is 35.5. The smallest absolute Gasteiger partial charge is 0.138 e. The second-order valence-corrected chi connectivity index (χ2v) is 6.99. The number of rotatable bonds is 5. The van der Waals surface area contributed by atoms with Crippen molar-refractivity contribution in [2.45, 2.75) is 16.3 Å². The first-order valence-corrected chi connectivity index (χ1v) is 8.75. The van der Waals surface area contributed by atoms with Gasteiger partial charge in [-0.2, -0.15) is 0 Å². The topological polar surface area (TPSA) is 58.3 Å². The Bertz CT molecular complexity index is 887. The standard InChI is InChI=1S/C19H16ClFN2OS/c20-13-1-7-18(24)17(10-13)23-11-12-9-15(22)4-8-19(12)25-16-5-2-14(21)3-6-16/h1-10,23-24H,11,22H2. The normalized spacial score (nSPS) is 10.6. The molecule has 0 fully saturated rings. The summed E-state index contributed by atoms with van der Waals surface area (Å²) in [4.78, 5) is 1.92. The highest BCUT2D eigenvalue weighted by molar-refractivity contribution is 7.99. The van der Waals surface area contributed by atoms with Gasteiger partial charge in [0.15, 0.2) is 0 Å². The fraction of sp³-hybridized carbons (Fsp3) is 0.0526. The Morgan fingerprint density at radius 2 is 1.80 bits per heavy atom. The van der Waals surface area contributed by atoms with Gasteiger partial charge in [0, 0.05) is 27.0 Å². The molecule has 0 aromatic heterocycles. The molecule has 0 heterocycles. The van der Waals surface area contributed by atoms with E-state index in [0.717, 1.165) is 15.4 Å². The van der Waals surface area contributed by atoms with Gasteiger partial charge in [-0.25, -0.2) is 4.39 Å². The van der Waals surface area contributed by atoms with Crippen LogP contribution in [0.4, 0.5) is 15.8 Å². The van der Waals surface area contributed by atoms with E-state index in [4.69, 9.17) is 17.3 Å². The minimum absolute atomic E-state index is 0.126. The number of aromatic hydroxyl groups is 1. The highest BCUT2D eigenvalue weighted by Crippen LogP contribution is 2.33. The molecule has 0 aliphatic carbocycles. The molecule has 0 saturated carbocycles. The molecule has 3 rings (SSSR count). The number of phenolic OH excluding ortho intramolecular Hbond substituents is 1. The fourth-order valence-electron chi connectivity index (χ4n) is 2.31. The molecule has 3 aromatic carbocycles. The summed E-state index contributed by atoms with van der Waals surface area (Å²) < 4.78 is 13.1. The maximum absolute atomic E-state index is 13.1. The third kappa shape index (κ3) is 4.59. The fourth-order valence-corrected chi connectivity index (χ4v) is 3.40. The second kappa shape index (κ2) is 7.68. The molecule has 0 amide bonds. The Morgan fingerprint density at radius 1 is 1.04 bits per heavy atom. The maximum Gasteiger partial charge on any atom is 0.138 e. The lowest BCUT2D eigenvalue weighted by molar-refractivity contribution is 0.477. The molecule has 4 N–H and O–H groups in total. The molecule has 0 spiro atoms. The van der Waals surface area contributed by atoms with Crippen LogP contribution in [-0.2, 0) is 6.54 Å². The predicted octanol–water partition coefficient (Wildman–Crippen LogP) is 5.53. The number of hydrogen-bond acceptors (Lipinski definition) is 4. The Labute approximate surface area is 154 Å². The Hall–Kier alpha value is -2.37. The van der Waals surface area contributed by atoms with E-state index >= 15 is 0 Å².